The van der Waals surface area contributed by atoms with Gasteiger partial charge in [0.2, 0.25) is 0 Å². The standard InChI is InChI=1S/C24H18BrFN2O4/c1-2-31-23-12-18(11-19(14-27)16-7-9-20(10-8-16)28(29)30)21(25)13-24(23)32-15-17-5-3-4-6-22(17)26/h3-13H,2,15H2,1H3/b19-11-. The first-order valence-corrected chi connectivity index (χ1v) is 10.4. The van der Waals surface area contributed by atoms with E-state index >= 15 is 0 Å². The second-order valence-corrected chi connectivity index (χ2v) is 7.46. The summed E-state index contributed by atoms with van der Waals surface area (Å²) in [7, 11) is 0. The Morgan fingerprint density at radius 2 is 1.84 bits per heavy atom. The molecule has 0 aliphatic rings. The third-order valence-corrected chi connectivity index (χ3v) is 5.20. The number of nitriles is 1. The number of hydrogen-bond donors (Lipinski definition) is 0. The van der Waals surface area contributed by atoms with Crippen molar-refractivity contribution in [1.82, 2.24) is 0 Å². The summed E-state index contributed by atoms with van der Waals surface area (Å²) in [5.74, 6) is 0.512. The van der Waals surface area contributed by atoms with Gasteiger partial charge in [-0.1, -0.05) is 34.1 Å². The Morgan fingerprint density at radius 1 is 1.16 bits per heavy atom. The lowest BCUT2D eigenvalue weighted by atomic mass is 10.0. The van der Waals surface area contributed by atoms with Gasteiger partial charge in [0.25, 0.3) is 5.69 Å². The maximum atomic E-state index is 13.9. The smallest absolute Gasteiger partial charge is 0.269 e. The monoisotopic (exact) mass is 496 g/mol. The van der Waals surface area contributed by atoms with E-state index in [-0.39, 0.29) is 18.1 Å². The van der Waals surface area contributed by atoms with E-state index in [1.807, 2.05) is 6.92 Å². The van der Waals surface area contributed by atoms with Gasteiger partial charge in [0.15, 0.2) is 11.5 Å². The molecule has 3 rings (SSSR count). The Bertz CT molecular complexity index is 1200. The SMILES string of the molecule is CCOc1cc(/C=C(/C#N)c2ccc([N+](=O)[O-])cc2)c(Br)cc1OCc1ccccc1F. The highest BCUT2D eigenvalue weighted by Gasteiger charge is 2.13. The molecule has 162 valence electrons. The van der Waals surface area contributed by atoms with E-state index in [1.54, 1.807) is 36.4 Å². The molecule has 0 saturated carbocycles. The van der Waals surface area contributed by atoms with Crippen molar-refractivity contribution in [3.05, 3.63) is 97.8 Å². The number of nitro groups is 1. The van der Waals surface area contributed by atoms with Crippen LogP contribution in [0.2, 0.25) is 0 Å². The highest BCUT2D eigenvalue weighted by atomic mass is 79.9. The predicted octanol–water partition coefficient (Wildman–Crippen LogP) is 6.54. The molecule has 0 spiro atoms. The number of hydrogen-bond acceptors (Lipinski definition) is 5. The highest BCUT2D eigenvalue weighted by Crippen LogP contribution is 2.36. The number of ether oxygens (including phenoxy) is 2. The minimum Gasteiger partial charge on any atom is -0.490 e. The van der Waals surface area contributed by atoms with Crippen molar-refractivity contribution in [3.63, 3.8) is 0 Å². The number of benzene rings is 3. The maximum Gasteiger partial charge on any atom is 0.269 e. The van der Waals surface area contributed by atoms with Crippen molar-refractivity contribution in [2.24, 2.45) is 0 Å². The van der Waals surface area contributed by atoms with Gasteiger partial charge in [-0.3, -0.25) is 10.1 Å². The van der Waals surface area contributed by atoms with Gasteiger partial charge in [-0.15, -0.1) is 0 Å². The average Bonchev–Trinajstić information content (AvgIpc) is 2.79. The molecule has 0 N–H and O–H groups in total. The lowest BCUT2D eigenvalue weighted by molar-refractivity contribution is -0.384. The van der Waals surface area contributed by atoms with Crippen LogP contribution < -0.4 is 9.47 Å². The predicted molar refractivity (Wildman–Crippen MR) is 123 cm³/mol. The molecule has 3 aromatic rings. The summed E-state index contributed by atoms with van der Waals surface area (Å²) in [5, 5.41) is 20.5. The molecule has 3 aromatic carbocycles. The molecule has 0 saturated heterocycles. The quantitative estimate of drug-likeness (QED) is 0.153. The van der Waals surface area contributed by atoms with Gasteiger partial charge in [-0.2, -0.15) is 5.26 Å². The first-order valence-electron chi connectivity index (χ1n) is 9.62. The van der Waals surface area contributed by atoms with Crippen molar-refractivity contribution in [1.29, 1.82) is 5.26 Å². The van der Waals surface area contributed by atoms with Crippen LogP contribution in [0.5, 0.6) is 11.5 Å². The van der Waals surface area contributed by atoms with Crippen LogP contribution in [-0.4, -0.2) is 11.5 Å². The van der Waals surface area contributed by atoms with E-state index in [1.165, 1.54) is 30.3 Å². The first kappa shape index (κ1) is 23.0. The number of nitro benzene ring substituents is 1. The molecule has 0 aliphatic carbocycles. The van der Waals surface area contributed by atoms with E-state index in [0.717, 1.165) is 0 Å². The van der Waals surface area contributed by atoms with E-state index in [4.69, 9.17) is 9.47 Å². The summed E-state index contributed by atoms with van der Waals surface area (Å²) in [6, 6.07) is 17.6. The van der Waals surface area contributed by atoms with Crippen LogP contribution in [-0.2, 0) is 6.61 Å². The molecule has 6 nitrogen and oxygen atoms in total. The van der Waals surface area contributed by atoms with Gasteiger partial charge in [0.1, 0.15) is 12.4 Å². The molecule has 0 fully saturated rings. The van der Waals surface area contributed by atoms with Gasteiger partial charge in [0.05, 0.1) is 23.2 Å². The molecule has 0 unspecified atom stereocenters. The van der Waals surface area contributed by atoms with Crippen LogP contribution in [0.15, 0.2) is 65.1 Å². The molecule has 0 atom stereocenters. The summed E-state index contributed by atoms with van der Waals surface area (Å²) >= 11 is 3.48. The molecule has 0 heterocycles. The summed E-state index contributed by atoms with van der Waals surface area (Å²) < 4.78 is 26.0. The van der Waals surface area contributed by atoms with Gasteiger partial charge < -0.3 is 9.47 Å². The second-order valence-electron chi connectivity index (χ2n) is 6.61. The van der Waals surface area contributed by atoms with Crippen molar-refractivity contribution < 1.29 is 18.8 Å². The molecule has 8 heteroatoms. The minimum atomic E-state index is -0.496. The van der Waals surface area contributed by atoms with Gasteiger partial charge in [0, 0.05) is 22.2 Å². The Labute approximate surface area is 192 Å². The van der Waals surface area contributed by atoms with E-state index in [0.29, 0.717) is 44.8 Å². The average molecular weight is 497 g/mol. The fourth-order valence-electron chi connectivity index (χ4n) is 2.91. The Morgan fingerprint density at radius 3 is 2.47 bits per heavy atom. The van der Waals surface area contributed by atoms with E-state index < -0.39 is 4.92 Å². The largest absolute Gasteiger partial charge is 0.490 e. The summed E-state index contributed by atoms with van der Waals surface area (Å²) in [4.78, 5) is 10.4. The molecule has 0 aliphatic heterocycles. The summed E-state index contributed by atoms with van der Waals surface area (Å²) in [5.41, 5.74) is 1.88. The van der Waals surface area contributed by atoms with Gasteiger partial charge in [-0.05, 0) is 54.5 Å². The first-order chi connectivity index (χ1) is 15.4. The Balaban J connectivity index is 1.92. The molecule has 0 bridgehead atoms. The number of non-ortho nitro benzene ring substituents is 1. The maximum absolute atomic E-state index is 13.9. The minimum absolute atomic E-state index is 0.0284. The zero-order chi connectivity index (χ0) is 23.1. The third kappa shape index (κ3) is 5.50. The van der Waals surface area contributed by atoms with Crippen LogP contribution in [0.1, 0.15) is 23.6 Å². The topological polar surface area (TPSA) is 85.4 Å². The lowest BCUT2D eigenvalue weighted by Gasteiger charge is -2.14. The number of allylic oxidation sites excluding steroid dienone is 1. The normalized spacial score (nSPS) is 11.0. The Kier molecular flexibility index (Phi) is 7.58. The van der Waals surface area contributed by atoms with Crippen LogP contribution in [0, 0.1) is 27.3 Å². The summed E-state index contributed by atoms with van der Waals surface area (Å²) in [6.07, 6.45) is 1.65. The second kappa shape index (κ2) is 10.6. The molecule has 0 radical (unpaired) electrons. The summed E-state index contributed by atoms with van der Waals surface area (Å²) in [6.45, 7) is 2.24. The van der Waals surface area contributed by atoms with Crippen molar-refractivity contribution in [3.8, 4) is 17.6 Å². The fraction of sp³-hybridized carbons (Fsp3) is 0.125. The van der Waals surface area contributed by atoms with E-state index in [9.17, 15) is 19.8 Å². The zero-order valence-corrected chi connectivity index (χ0v) is 18.6. The molecule has 0 aromatic heterocycles. The van der Waals surface area contributed by atoms with E-state index in [2.05, 4.69) is 22.0 Å². The third-order valence-electron chi connectivity index (χ3n) is 4.51. The van der Waals surface area contributed by atoms with Crippen molar-refractivity contribution in [2.75, 3.05) is 6.61 Å². The fourth-order valence-corrected chi connectivity index (χ4v) is 3.35. The lowest BCUT2D eigenvalue weighted by Crippen LogP contribution is -2.02. The Hall–Kier alpha value is -3.70. The molecule has 0 amide bonds. The highest BCUT2D eigenvalue weighted by molar-refractivity contribution is 9.10. The van der Waals surface area contributed by atoms with Gasteiger partial charge >= 0.3 is 0 Å². The van der Waals surface area contributed by atoms with Crippen molar-refractivity contribution in [2.45, 2.75) is 13.5 Å². The van der Waals surface area contributed by atoms with Crippen molar-refractivity contribution >= 4 is 33.3 Å². The van der Waals surface area contributed by atoms with Crippen LogP contribution in [0.3, 0.4) is 0 Å². The van der Waals surface area contributed by atoms with Crippen LogP contribution in [0.4, 0.5) is 10.1 Å². The molecular weight excluding hydrogens is 479 g/mol. The van der Waals surface area contributed by atoms with Crippen LogP contribution >= 0.6 is 15.9 Å². The molecular formula is C24H18BrFN2O4. The number of halogens is 2. The number of rotatable bonds is 8. The molecule has 32 heavy (non-hydrogen) atoms. The number of nitrogens with zero attached hydrogens (tertiary/aromatic N) is 2. The van der Waals surface area contributed by atoms with Gasteiger partial charge in [-0.25, -0.2) is 4.39 Å². The van der Waals surface area contributed by atoms with Crippen LogP contribution in [0.25, 0.3) is 11.6 Å². The zero-order valence-electron chi connectivity index (χ0n) is 17.0.